The fourth-order valence-electron chi connectivity index (χ4n) is 3.29. The highest BCUT2D eigenvalue weighted by Crippen LogP contribution is 2.30. The normalized spacial score (nSPS) is 15.5. The van der Waals surface area contributed by atoms with E-state index in [-0.39, 0.29) is 24.2 Å². The average molecular weight is 444 g/mol. The molecule has 1 aliphatic heterocycles. The molecule has 4 nitrogen and oxygen atoms in total. The molecule has 0 atom stereocenters. The Morgan fingerprint density at radius 2 is 0.903 bits per heavy atom. The van der Waals surface area contributed by atoms with Gasteiger partial charge >= 0.3 is 12.4 Å². The quantitative estimate of drug-likeness (QED) is 0.630. The Bertz CT molecular complexity index is 859. The lowest BCUT2D eigenvalue weighted by Gasteiger charge is -2.22. The molecule has 0 spiro atoms. The standard InChI is InChI=1S/C21H18F6N2O2/c22-20(23,24)16-6-2-14(3-7-16)18(30)28-10-1-11-29(13-12-28)19(31)15-4-8-17(9-5-15)21(25,26)27/h2-9H,1,10-13H2. The first-order valence-corrected chi connectivity index (χ1v) is 9.40. The van der Waals surface area contributed by atoms with Crippen LogP contribution in [0.5, 0.6) is 0 Å². The maximum Gasteiger partial charge on any atom is 0.416 e. The Kier molecular flexibility index (Phi) is 6.28. The van der Waals surface area contributed by atoms with Gasteiger partial charge in [0.2, 0.25) is 0 Å². The lowest BCUT2D eigenvalue weighted by Crippen LogP contribution is -2.37. The van der Waals surface area contributed by atoms with E-state index in [1.807, 2.05) is 0 Å². The van der Waals surface area contributed by atoms with Crippen molar-refractivity contribution in [3.63, 3.8) is 0 Å². The summed E-state index contributed by atoms with van der Waals surface area (Å²) in [4.78, 5) is 28.1. The van der Waals surface area contributed by atoms with Crippen molar-refractivity contribution in [1.82, 2.24) is 9.80 Å². The van der Waals surface area contributed by atoms with Crippen LogP contribution in [0.15, 0.2) is 48.5 Å². The van der Waals surface area contributed by atoms with E-state index in [4.69, 9.17) is 0 Å². The maximum atomic E-state index is 12.7. The van der Waals surface area contributed by atoms with E-state index in [0.717, 1.165) is 48.5 Å². The van der Waals surface area contributed by atoms with Gasteiger partial charge in [0.05, 0.1) is 11.1 Å². The highest BCUT2D eigenvalue weighted by Gasteiger charge is 2.32. The van der Waals surface area contributed by atoms with Gasteiger partial charge in [0.25, 0.3) is 11.8 Å². The minimum atomic E-state index is -4.50. The highest BCUT2D eigenvalue weighted by atomic mass is 19.4. The zero-order chi connectivity index (χ0) is 22.8. The van der Waals surface area contributed by atoms with Crippen LogP contribution in [-0.2, 0) is 12.4 Å². The molecular weight excluding hydrogens is 426 g/mol. The van der Waals surface area contributed by atoms with Crippen LogP contribution in [0.25, 0.3) is 0 Å². The van der Waals surface area contributed by atoms with E-state index >= 15 is 0 Å². The number of hydrogen-bond donors (Lipinski definition) is 0. The van der Waals surface area contributed by atoms with Gasteiger partial charge in [-0.1, -0.05) is 0 Å². The lowest BCUT2D eigenvalue weighted by molar-refractivity contribution is -0.138. The Balaban J connectivity index is 1.64. The fraction of sp³-hybridized carbons (Fsp3) is 0.333. The number of hydrogen-bond acceptors (Lipinski definition) is 2. The molecule has 1 fully saturated rings. The van der Waals surface area contributed by atoms with E-state index in [0.29, 0.717) is 19.5 Å². The molecule has 0 saturated carbocycles. The summed E-state index contributed by atoms with van der Waals surface area (Å²) in [5.41, 5.74) is -1.49. The largest absolute Gasteiger partial charge is 0.416 e. The lowest BCUT2D eigenvalue weighted by atomic mass is 10.1. The van der Waals surface area contributed by atoms with Gasteiger partial charge in [0.15, 0.2) is 0 Å². The molecule has 1 heterocycles. The first-order chi connectivity index (χ1) is 14.5. The summed E-state index contributed by atoms with van der Waals surface area (Å²) < 4.78 is 76.1. The van der Waals surface area contributed by atoms with Crippen LogP contribution >= 0.6 is 0 Å². The summed E-state index contributed by atoms with van der Waals surface area (Å²) in [7, 11) is 0. The van der Waals surface area contributed by atoms with Crippen LogP contribution in [0.4, 0.5) is 26.3 Å². The van der Waals surface area contributed by atoms with Crippen molar-refractivity contribution in [3.05, 3.63) is 70.8 Å². The second kappa shape index (κ2) is 8.60. The monoisotopic (exact) mass is 444 g/mol. The van der Waals surface area contributed by atoms with Crippen molar-refractivity contribution < 1.29 is 35.9 Å². The van der Waals surface area contributed by atoms with Crippen molar-refractivity contribution in [1.29, 1.82) is 0 Å². The minimum Gasteiger partial charge on any atom is -0.337 e. The number of halogens is 6. The zero-order valence-electron chi connectivity index (χ0n) is 16.1. The van der Waals surface area contributed by atoms with Gasteiger partial charge in [-0.25, -0.2) is 0 Å². The highest BCUT2D eigenvalue weighted by molar-refractivity contribution is 5.95. The topological polar surface area (TPSA) is 40.6 Å². The van der Waals surface area contributed by atoms with Crippen molar-refractivity contribution >= 4 is 11.8 Å². The second-order valence-electron chi connectivity index (χ2n) is 7.09. The van der Waals surface area contributed by atoms with Gasteiger partial charge < -0.3 is 9.80 Å². The molecule has 3 rings (SSSR count). The van der Waals surface area contributed by atoms with Gasteiger partial charge in [-0.3, -0.25) is 9.59 Å². The van der Waals surface area contributed by atoms with Crippen molar-refractivity contribution in [2.75, 3.05) is 26.2 Å². The summed E-state index contributed by atoms with van der Waals surface area (Å²) >= 11 is 0. The number of rotatable bonds is 2. The number of carbonyl (C=O) groups is 2. The van der Waals surface area contributed by atoms with Crippen LogP contribution in [0.2, 0.25) is 0 Å². The van der Waals surface area contributed by atoms with Crippen molar-refractivity contribution in [2.24, 2.45) is 0 Å². The van der Waals surface area contributed by atoms with Crippen molar-refractivity contribution in [3.8, 4) is 0 Å². The smallest absolute Gasteiger partial charge is 0.337 e. The predicted octanol–water partition coefficient (Wildman–Crippen LogP) is 4.71. The van der Waals surface area contributed by atoms with Gasteiger partial charge in [-0.2, -0.15) is 26.3 Å². The molecular formula is C21H18F6N2O2. The second-order valence-corrected chi connectivity index (χ2v) is 7.09. The summed E-state index contributed by atoms with van der Waals surface area (Å²) in [6.07, 6.45) is -8.56. The number of amides is 2. The number of nitrogens with zero attached hydrogens (tertiary/aromatic N) is 2. The van der Waals surface area contributed by atoms with Crippen molar-refractivity contribution in [2.45, 2.75) is 18.8 Å². The van der Waals surface area contributed by atoms with Crippen LogP contribution < -0.4 is 0 Å². The molecule has 0 aromatic heterocycles. The molecule has 2 aromatic carbocycles. The average Bonchev–Trinajstić information content (AvgIpc) is 2.98. The molecule has 166 valence electrons. The Morgan fingerprint density at radius 3 is 1.19 bits per heavy atom. The maximum absolute atomic E-state index is 12.7. The number of carbonyl (C=O) groups excluding carboxylic acids is 2. The van der Waals surface area contributed by atoms with E-state index in [2.05, 4.69) is 0 Å². The molecule has 0 bridgehead atoms. The van der Waals surface area contributed by atoms with E-state index in [9.17, 15) is 35.9 Å². The van der Waals surface area contributed by atoms with Crippen LogP contribution in [-0.4, -0.2) is 47.8 Å². The molecule has 0 aliphatic carbocycles. The Hall–Kier alpha value is -3.04. The fourth-order valence-corrected chi connectivity index (χ4v) is 3.29. The molecule has 31 heavy (non-hydrogen) atoms. The summed E-state index contributed by atoms with van der Waals surface area (Å²) in [5.74, 6) is -0.893. The van der Waals surface area contributed by atoms with Crippen LogP contribution in [0.3, 0.4) is 0 Å². The first kappa shape index (κ1) is 22.6. The SMILES string of the molecule is O=C(c1ccc(C(F)(F)F)cc1)N1CCCN(C(=O)c2ccc(C(F)(F)F)cc2)CC1. The Morgan fingerprint density at radius 1 is 0.581 bits per heavy atom. The summed E-state index contributed by atoms with van der Waals surface area (Å²) in [6, 6.07) is 7.80. The molecule has 2 amide bonds. The third-order valence-electron chi connectivity index (χ3n) is 4.99. The third kappa shape index (κ3) is 5.36. The summed E-state index contributed by atoms with van der Waals surface area (Å²) in [5, 5.41) is 0. The molecule has 1 saturated heterocycles. The molecule has 2 aromatic rings. The van der Waals surface area contributed by atoms with Gasteiger partial charge in [-0.15, -0.1) is 0 Å². The molecule has 0 unspecified atom stereocenters. The molecule has 0 N–H and O–H groups in total. The third-order valence-corrected chi connectivity index (χ3v) is 4.99. The van der Waals surface area contributed by atoms with E-state index in [1.165, 1.54) is 9.80 Å². The Labute approximate surface area is 174 Å². The van der Waals surface area contributed by atoms with Gasteiger partial charge in [0, 0.05) is 37.3 Å². The van der Waals surface area contributed by atoms with E-state index in [1.54, 1.807) is 0 Å². The van der Waals surface area contributed by atoms with Crippen LogP contribution in [0, 0.1) is 0 Å². The van der Waals surface area contributed by atoms with Gasteiger partial charge in [-0.05, 0) is 55.0 Å². The zero-order valence-corrected chi connectivity index (χ0v) is 16.1. The summed E-state index contributed by atoms with van der Waals surface area (Å²) in [6.45, 7) is 0.922. The number of alkyl halides is 6. The van der Waals surface area contributed by atoms with Gasteiger partial charge in [0.1, 0.15) is 0 Å². The molecule has 0 radical (unpaired) electrons. The molecule has 1 aliphatic rings. The minimum absolute atomic E-state index is 0.107. The van der Waals surface area contributed by atoms with Crippen LogP contribution in [0.1, 0.15) is 38.3 Å². The molecule has 10 heteroatoms. The predicted molar refractivity (Wildman–Crippen MR) is 99.3 cm³/mol. The number of benzene rings is 2. The first-order valence-electron chi connectivity index (χ1n) is 9.40. The van der Waals surface area contributed by atoms with E-state index < -0.39 is 35.3 Å².